The number of methoxy groups -OCH3 is 1. The predicted molar refractivity (Wildman–Crippen MR) is 70.4 cm³/mol. The molecule has 3 atom stereocenters. The normalized spacial score (nSPS) is 27.8. The first-order valence-corrected chi connectivity index (χ1v) is 6.42. The summed E-state index contributed by atoms with van der Waals surface area (Å²) in [5, 5.41) is 3.35. The van der Waals surface area contributed by atoms with Crippen molar-refractivity contribution in [1.29, 1.82) is 0 Å². The lowest BCUT2D eigenvalue weighted by molar-refractivity contribution is 0.252. The molecule has 0 radical (unpaired) electrons. The highest BCUT2D eigenvalue weighted by molar-refractivity contribution is 5.33. The Morgan fingerprint density at radius 2 is 2.00 bits per heavy atom. The maximum absolute atomic E-state index is 5.62. The van der Waals surface area contributed by atoms with Crippen LogP contribution in [0.1, 0.15) is 33.1 Å². The van der Waals surface area contributed by atoms with Gasteiger partial charge in [-0.25, -0.2) is 0 Å². The average molecular weight is 251 g/mol. The summed E-state index contributed by atoms with van der Waals surface area (Å²) >= 11 is 0. The summed E-state index contributed by atoms with van der Waals surface area (Å²) in [6.45, 7) is 4.56. The summed E-state index contributed by atoms with van der Waals surface area (Å²) in [5.41, 5.74) is 5.62. The van der Waals surface area contributed by atoms with Crippen LogP contribution < -0.4 is 15.8 Å². The van der Waals surface area contributed by atoms with E-state index in [0.29, 0.717) is 17.9 Å². The van der Waals surface area contributed by atoms with Crippen LogP contribution in [0.25, 0.3) is 0 Å². The zero-order valence-electron chi connectivity index (χ0n) is 11.2. The molecule has 1 aliphatic rings. The third-order valence-electron chi connectivity index (χ3n) is 3.84. The van der Waals surface area contributed by atoms with E-state index in [1.165, 1.54) is 20.0 Å². The molecule has 6 heteroatoms. The molecule has 3 unspecified atom stereocenters. The molecule has 2 rings (SSSR count). The molecular weight excluding hydrogens is 230 g/mol. The van der Waals surface area contributed by atoms with Gasteiger partial charge in [0, 0.05) is 6.04 Å². The Morgan fingerprint density at radius 3 is 2.72 bits per heavy atom. The highest BCUT2D eigenvalue weighted by atomic mass is 16.5. The first kappa shape index (κ1) is 12.9. The second kappa shape index (κ2) is 5.37. The number of rotatable bonds is 3. The number of ether oxygens (including phenoxy) is 1. The molecule has 0 aliphatic heterocycles. The molecule has 6 nitrogen and oxygen atoms in total. The molecule has 1 heterocycles. The van der Waals surface area contributed by atoms with Gasteiger partial charge in [-0.1, -0.05) is 26.7 Å². The van der Waals surface area contributed by atoms with E-state index in [0.717, 1.165) is 12.3 Å². The predicted octanol–water partition coefficient (Wildman–Crippen LogP) is 1.70. The first-order chi connectivity index (χ1) is 8.60. The average Bonchev–Trinajstić information content (AvgIpc) is 2.34. The Balaban J connectivity index is 2.10. The highest BCUT2D eigenvalue weighted by Crippen LogP contribution is 2.31. The lowest BCUT2D eigenvalue weighted by Crippen LogP contribution is -2.35. The molecule has 18 heavy (non-hydrogen) atoms. The van der Waals surface area contributed by atoms with Crippen molar-refractivity contribution in [3.8, 4) is 6.01 Å². The summed E-state index contributed by atoms with van der Waals surface area (Å²) in [5.74, 6) is 2.01. The minimum absolute atomic E-state index is 0.181. The molecule has 1 saturated carbocycles. The first-order valence-electron chi connectivity index (χ1n) is 6.42. The van der Waals surface area contributed by atoms with Crippen LogP contribution in [0, 0.1) is 11.8 Å². The van der Waals surface area contributed by atoms with Crippen LogP contribution in [0.5, 0.6) is 6.01 Å². The summed E-state index contributed by atoms with van der Waals surface area (Å²) in [6, 6.07) is 0.641. The monoisotopic (exact) mass is 251 g/mol. The summed E-state index contributed by atoms with van der Waals surface area (Å²) in [7, 11) is 1.52. The molecule has 3 N–H and O–H groups in total. The van der Waals surface area contributed by atoms with Crippen LogP contribution >= 0.6 is 0 Å². The SMILES string of the molecule is COc1nc(N)nc(NC2CCCC(C)C2C)n1. The van der Waals surface area contributed by atoms with Gasteiger partial charge in [0.05, 0.1) is 7.11 Å². The van der Waals surface area contributed by atoms with Crippen molar-refractivity contribution in [2.45, 2.75) is 39.2 Å². The number of nitrogens with two attached hydrogens (primary N) is 1. The van der Waals surface area contributed by atoms with E-state index in [9.17, 15) is 0 Å². The number of nitrogens with zero attached hydrogens (tertiary/aromatic N) is 3. The molecule has 0 saturated heterocycles. The Hall–Kier alpha value is -1.59. The minimum Gasteiger partial charge on any atom is -0.467 e. The van der Waals surface area contributed by atoms with Crippen molar-refractivity contribution in [2.24, 2.45) is 11.8 Å². The van der Waals surface area contributed by atoms with E-state index in [1.807, 2.05) is 0 Å². The second-order valence-electron chi connectivity index (χ2n) is 5.02. The zero-order valence-corrected chi connectivity index (χ0v) is 11.2. The number of nitrogens with one attached hydrogen (secondary N) is 1. The standard InChI is InChI=1S/C12H21N5O/c1-7-5-4-6-9(8(7)2)14-11-15-10(13)16-12(17-11)18-3/h7-9H,4-6H2,1-3H3,(H3,13,14,15,16,17). The highest BCUT2D eigenvalue weighted by Gasteiger charge is 2.27. The molecule has 0 spiro atoms. The van der Waals surface area contributed by atoms with E-state index in [2.05, 4.69) is 34.1 Å². The molecule has 1 aromatic heterocycles. The van der Waals surface area contributed by atoms with Crippen LogP contribution in [0.3, 0.4) is 0 Å². The third-order valence-corrected chi connectivity index (χ3v) is 3.84. The van der Waals surface area contributed by atoms with Crippen molar-refractivity contribution in [3.05, 3.63) is 0 Å². The van der Waals surface area contributed by atoms with Crippen molar-refractivity contribution < 1.29 is 4.74 Å². The molecular formula is C12H21N5O. The van der Waals surface area contributed by atoms with Crippen LogP contribution in [0.4, 0.5) is 11.9 Å². The fourth-order valence-corrected chi connectivity index (χ4v) is 2.48. The van der Waals surface area contributed by atoms with Crippen LogP contribution in [-0.4, -0.2) is 28.1 Å². The van der Waals surface area contributed by atoms with E-state index < -0.39 is 0 Å². The van der Waals surface area contributed by atoms with E-state index in [1.54, 1.807) is 0 Å². The quantitative estimate of drug-likeness (QED) is 0.850. The Labute approximate surface area is 107 Å². The number of nitrogen functional groups attached to an aromatic ring is 1. The molecule has 100 valence electrons. The van der Waals surface area contributed by atoms with E-state index in [-0.39, 0.29) is 12.0 Å². The van der Waals surface area contributed by atoms with Gasteiger partial charge in [-0.15, -0.1) is 0 Å². The smallest absolute Gasteiger partial charge is 0.322 e. The van der Waals surface area contributed by atoms with Crippen molar-refractivity contribution in [1.82, 2.24) is 15.0 Å². The minimum atomic E-state index is 0.181. The molecule has 1 aromatic rings. The molecule has 0 amide bonds. The lowest BCUT2D eigenvalue weighted by atomic mass is 9.78. The number of aromatic nitrogens is 3. The number of anilines is 2. The Kier molecular flexibility index (Phi) is 3.84. The van der Waals surface area contributed by atoms with Gasteiger partial charge in [-0.3, -0.25) is 0 Å². The summed E-state index contributed by atoms with van der Waals surface area (Å²) < 4.78 is 4.99. The van der Waals surface area contributed by atoms with Gasteiger partial charge in [0.2, 0.25) is 11.9 Å². The number of hydrogen-bond donors (Lipinski definition) is 2. The molecule has 0 bridgehead atoms. The van der Waals surface area contributed by atoms with Crippen molar-refractivity contribution >= 4 is 11.9 Å². The fourth-order valence-electron chi connectivity index (χ4n) is 2.48. The Morgan fingerprint density at radius 1 is 1.22 bits per heavy atom. The largest absolute Gasteiger partial charge is 0.467 e. The lowest BCUT2D eigenvalue weighted by Gasteiger charge is -2.34. The summed E-state index contributed by atoms with van der Waals surface area (Å²) in [4.78, 5) is 12.1. The van der Waals surface area contributed by atoms with Gasteiger partial charge in [0.1, 0.15) is 0 Å². The molecule has 1 aliphatic carbocycles. The van der Waals surface area contributed by atoms with Crippen LogP contribution in [0.2, 0.25) is 0 Å². The second-order valence-corrected chi connectivity index (χ2v) is 5.02. The van der Waals surface area contributed by atoms with Crippen LogP contribution in [0.15, 0.2) is 0 Å². The summed E-state index contributed by atoms with van der Waals surface area (Å²) in [6.07, 6.45) is 3.67. The molecule has 1 fully saturated rings. The van der Waals surface area contributed by atoms with Gasteiger partial charge in [0.25, 0.3) is 0 Å². The van der Waals surface area contributed by atoms with E-state index in [4.69, 9.17) is 10.5 Å². The topological polar surface area (TPSA) is 86.0 Å². The van der Waals surface area contributed by atoms with Crippen molar-refractivity contribution in [3.63, 3.8) is 0 Å². The van der Waals surface area contributed by atoms with Gasteiger partial charge in [0.15, 0.2) is 0 Å². The fraction of sp³-hybridized carbons (Fsp3) is 0.750. The Bertz CT molecular complexity index is 411. The van der Waals surface area contributed by atoms with Crippen molar-refractivity contribution in [2.75, 3.05) is 18.2 Å². The maximum atomic E-state index is 5.62. The van der Waals surface area contributed by atoms with Gasteiger partial charge >= 0.3 is 6.01 Å². The van der Waals surface area contributed by atoms with Gasteiger partial charge in [-0.2, -0.15) is 15.0 Å². The van der Waals surface area contributed by atoms with E-state index >= 15 is 0 Å². The van der Waals surface area contributed by atoms with Crippen LogP contribution in [-0.2, 0) is 0 Å². The maximum Gasteiger partial charge on any atom is 0.322 e. The van der Waals surface area contributed by atoms with Gasteiger partial charge in [-0.05, 0) is 18.3 Å². The molecule has 0 aromatic carbocycles. The zero-order chi connectivity index (χ0) is 13.1. The number of hydrogen-bond acceptors (Lipinski definition) is 6. The van der Waals surface area contributed by atoms with Gasteiger partial charge < -0.3 is 15.8 Å². The third kappa shape index (κ3) is 2.80.